The smallest absolute Gasteiger partial charge is 0.226 e. The number of piperidine rings is 2. The molecule has 2 aromatic carbocycles. The molecule has 1 radical (unpaired) electrons. The minimum atomic E-state index is -0.864. The van der Waals surface area contributed by atoms with E-state index in [-0.39, 0.29) is 17.7 Å². The van der Waals surface area contributed by atoms with Crippen LogP contribution in [0, 0.1) is 12.0 Å². The highest BCUT2D eigenvalue weighted by molar-refractivity contribution is 7.15. The van der Waals surface area contributed by atoms with Gasteiger partial charge >= 0.3 is 0 Å². The summed E-state index contributed by atoms with van der Waals surface area (Å²) < 4.78 is 10.7. The highest BCUT2D eigenvalue weighted by Crippen LogP contribution is 2.37. The normalized spacial score (nSPS) is 20.3. The lowest BCUT2D eigenvalue weighted by atomic mass is 9.78. The molecule has 2 aliphatic heterocycles. The van der Waals surface area contributed by atoms with Crippen LogP contribution in [0.3, 0.4) is 0 Å². The van der Waals surface area contributed by atoms with Crippen molar-refractivity contribution in [1.29, 1.82) is 0 Å². The SMILES string of the molecule is COc1ccc(-c2ncc(CN3CC[C@@H](C(=O)N4CCC(O)(Cc5c[c]ccc5OC)CC4)[C@H](c4ccccc4)C3)s2)cn1. The van der Waals surface area contributed by atoms with Crippen molar-refractivity contribution in [3.05, 3.63) is 95.1 Å². The molecule has 9 heteroatoms. The predicted octanol–water partition coefficient (Wildman–Crippen LogP) is 5.22. The Morgan fingerprint density at radius 1 is 1.05 bits per heavy atom. The second kappa shape index (κ2) is 13.5. The van der Waals surface area contributed by atoms with Crippen molar-refractivity contribution in [3.63, 3.8) is 0 Å². The van der Waals surface area contributed by atoms with E-state index in [9.17, 15) is 9.90 Å². The number of hydrogen-bond acceptors (Lipinski definition) is 8. The molecule has 4 heterocycles. The summed E-state index contributed by atoms with van der Waals surface area (Å²) in [5, 5.41) is 12.4. The number of amides is 1. The maximum absolute atomic E-state index is 14.1. The van der Waals surface area contributed by atoms with Crippen molar-refractivity contribution in [1.82, 2.24) is 19.8 Å². The number of hydrogen-bond donors (Lipinski definition) is 1. The summed E-state index contributed by atoms with van der Waals surface area (Å²) >= 11 is 1.68. The van der Waals surface area contributed by atoms with E-state index in [1.807, 2.05) is 47.5 Å². The van der Waals surface area contributed by atoms with Gasteiger partial charge in [0.25, 0.3) is 0 Å². The average molecular weight is 612 g/mol. The monoisotopic (exact) mass is 611 g/mol. The number of ether oxygens (including phenoxy) is 2. The van der Waals surface area contributed by atoms with Gasteiger partial charge in [0.05, 0.1) is 19.8 Å². The highest BCUT2D eigenvalue weighted by Gasteiger charge is 2.41. The first-order valence-electron chi connectivity index (χ1n) is 15.2. The minimum Gasteiger partial charge on any atom is -0.496 e. The average Bonchev–Trinajstić information content (AvgIpc) is 3.54. The Morgan fingerprint density at radius 2 is 1.86 bits per heavy atom. The van der Waals surface area contributed by atoms with E-state index in [1.54, 1.807) is 31.8 Å². The zero-order valence-electron chi connectivity index (χ0n) is 25.3. The first-order chi connectivity index (χ1) is 21.4. The van der Waals surface area contributed by atoms with Crippen LogP contribution < -0.4 is 9.47 Å². The molecule has 229 valence electrons. The van der Waals surface area contributed by atoms with Gasteiger partial charge in [-0.05, 0) is 61.2 Å². The van der Waals surface area contributed by atoms with E-state index in [0.717, 1.165) is 47.9 Å². The van der Waals surface area contributed by atoms with Gasteiger partial charge in [-0.3, -0.25) is 9.69 Å². The molecule has 0 aliphatic carbocycles. The molecule has 0 bridgehead atoms. The molecule has 2 aliphatic rings. The van der Waals surface area contributed by atoms with Gasteiger partial charge in [0, 0.05) is 73.3 Å². The quantitative estimate of drug-likeness (QED) is 0.278. The predicted molar refractivity (Wildman–Crippen MR) is 171 cm³/mol. The molecular weight excluding hydrogens is 572 g/mol. The van der Waals surface area contributed by atoms with Gasteiger partial charge in [-0.25, -0.2) is 9.97 Å². The van der Waals surface area contributed by atoms with Crippen LogP contribution in [0.5, 0.6) is 11.6 Å². The third-order valence-corrected chi connectivity index (χ3v) is 10.0. The summed E-state index contributed by atoms with van der Waals surface area (Å²) in [5.74, 6) is 1.56. The zero-order valence-corrected chi connectivity index (χ0v) is 26.1. The highest BCUT2D eigenvalue weighted by atomic mass is 32.1. The van der Waals surface area contributed by atoms with Gasteiger partial charge in [0.2, 0.25) is 11.8 Å². The Bertz CT molecular complexity index is 1540. The molecule has 44 heavy (non-hydrogen) atoms. The summed E-state index contributed by atoms with van der Waals surface area (Å²) in [7, 11) is 3.26. The number of pyridine rings is 1. The minimum absolute atomic E-state index is 0.0916. The van der Waals surface area contributed by atoms with Crippen LogP contribution in [0.25, 0.3) is 10.6 Å². The van der Waals surface area contributed by atoms with Crippen LogP contribution in [-0.4, -0.2) is 76.8 Å². The standard InChI is InChI=1S/C35H39N4O4S/c1-42-31-11-7-6-10-26(31)20-35(41)15-18-39(19-16-35)34(40)29-14-17-38(24-30(29)25-8-4-3-5-9-25)23-28-22-37-33(44-28)27-12-13-32(43-2)36-21-27/h3-5,7-13,21-22,29-30,41H,14-20,23-24H2,1-2H3/t29-,30+/m1/s1. The Hall–Kier alpha value is -3.79. The maximum Gasteiger partial charge on any atom is 0.226 e. The molecule has 2 atom stereocenters. The number of aromatic nitrogens is 2. The van der Waals surface area contributed by atoms with Gasteiger partial charge in [-0.15, -0.1) is 11.3 Å². The second-order valence-electron chi connectivity index (χ2n) is 11.8. The van der Waals surface area contributed by atoms with Crippen molar-refractivity contribution >= 4 is 17.2 Å². The first kappa shape index (κ1) is 30.2. The maximum atomic E-state index is 14.1. The Balaban J connectivity index is 1.11. The Kier molecular flexibility index (Phi) is 9.25. The van der Waals surface area contributed by atoms with Crippen LogP contribution in [0.2, 0.25) is 0 Å². The van der Waals surface area contributed by atoms with Gasteiger partial charge in [-0.1, -0.05) is 36.4 Å². The fourth-order valence-corrected chi connectivity index (χ4v) is 7.50. The lowest BCUT2D eigenvalue weighted by Gasteiger charge is -2.43. The van der Waals surface area contributed by atoms with Gasteiger partial charge in [-0.2, -0.15) is 0 Å². The summed E-state index contributed by atoms with van der Waals surface area (Å²) in [6, 6.07) is 22.9. The summed E-state index contributed by atoms with van der Waals surface area (Å²) in [4.78, 5) is 28.7. The number of aliphatic hydroxyl groups is 1. The molecule has 1 N–H and O–H groups in total. The molecule has 4 aromatic rings. The van der Waals surface area contributed by atoms with Gasteiger partial charge < -0.3 is 19.5 Å². The third kappa shape index (κ3) is 6.80. The van der Waals surface area contributed by atoms with E-state index in [0.29, 0.717) is 38.2 Å². The van der Waals surface area contributed by atoms with E-state index < -0.39 is 5.60 Å². The Labute approximate surface area is 263 Å². The van der Waals surface area contributed by atoms with Crippen molar-refractivity contribution < 1.29 is 19.4 Å². The topological polar surface area (TPSA) is 88.0 Å². The van der Waals surface area contributed by atoms with Crippen molar-refractivity contribution in [2.75, 3.05) is 40.4 Å². The van der Waals surface area contributed by atoms with E-state index in [1.165, 1.54) is 10.4 Å². The molecule has 2 fully saturated rings. The number of methoxy groups -OCH3 is 2. The van der Waals surface area contributed by atoms with Crippen LogP contribution in [-0.2, 0) is 17.8 Å². The third-order valence-electron chi connectivity index (χ3n) is 9.02. The number of carbonyl (C=O) groups excluding carboxylic acids is 1. The molecule has 2 saturated heterocycles. The van der Waals surface area contributed by atoms with Crippen LogP contribution >= 0.6 is 11.3 Å². The van der Waals surface area contributed by atoms with Gasteiger partial charge in [0.1, 0.15) is 10.8 Å². The largest absolute Gasteiger partial charge is 0.496 e. The molecule has 2 aromatic heterocycles. The molecule has 6 rings (SSSR count). The lowest BCUT2D eigenvalue weighted by molar-refractivity contribution is -0.142. The fraction of sp³-hybridized carbons (Fsp3) is 0.400. The second-order valence-corrected chi connectivity index (χ2v) is 12.9. The number of carbonyl (C=O) groups is 1. The number of benzene rings is 2. The van der Waals surface area contributed by atoms with Crippen LogP contribution in [0.4, 0.5) is 0 Å². The number of likely N-dealkylation sites (tertiary alicyclic amines) is 2. The van der Waals surface area contributed by atoms with Crippen molar-refractivity contribution in [2.24, 2.45) is 5.92 Å². The number of thiazole rings is 1. The van der Waals surface area contributed by atoms with E-state index >= 15 is 0 Å². The van der Waals surface area contributed by atoms with E-state index in [2.05, 4.69) is 45.2 Å². The van der Waals surface area contributed by atoms with Crippen molar-refractivity contribution in [3.8, 4) is 22.2 Å². The summed E-state index contributed by atoms with van der Waals surface area (Å²) in [5.41, 5.74) is 2.26. The molecule has 1 amide bonds. The number of rotatable bonds is 9. The summed E-state index contributed by atoms with van der Waals surface area (Å²) in [6.45, 7) is 3.56. The lowest BCUT2D eigenvalue weighted by Crippen LogP contribution is -2.52. The van der Waals surface area contributed by atoms with Crippen molar-refractivity contribution in [2.45, 2.75) is 43.7 Å². The molecular formula is C35H39N4O4S. The molecule has 0 saturated carbocycles. The summed E-state index contributed by atoms with van der Waals surface area (Å²) in [6.07, 6.45) is 6.13. The van der Waals surface area contributed by atoms with E-state index in [4.69, 9.17) is 9.47 Å². The first-order valence-corrected chi connectivity index (χ1v) is 16.0. The van der Waals surface area contributed by atoms with Crippen LogP contribution in [0.15, 0.2) is 73.1 Å². The molecule has 0 spiro atoms. The fourth-order valence-electron chi connectivity index (χ4n) is 6.56. The number of nitrogens with zero attached hydrogens (tertiary/aromatic N) is 4. The molecule has 8 nitrogen and oxygen atoms in total. The Morgan fingerprint density at radius 3 is 2.59 bits per heavy atom. The molecule has 0 unspecified atom stereocenters. The van der Waals surface area contributed by atoms with Gasteiger partial charge in [0.15, 0.2) is 0 Å². The zero-order chi connectivity index (χ0) is 30.5. The van der Waals surface area contributed by atoms with Crippen LogP contribution in [0.1, 0.15) is 41.2 Å².